The third kappa shape index (κ3) is 3.69. The van der Waals surface area contributed by atoms with E-state index < -0.39 is 0 Å². The monoisotopic (exact) mass is 486 g/mol. The van der Waals surface area contributed by atoms with Crippen LogP contribution in [-0.2, 0) is 6.42 Å². The SMILES string of the molecule is CC1Cc2[nH]cc(C3CCN(C)CC3)c2C=C1[N+]1(C2=CC3C(C=C2)C(C2CCNCC2)=CN3C)CC1. The second kappa shape index (κ2) is 8.75. The van der Waals surface area contributed by atoms with E-state index in [1.807, 2.05) is 0 Å². The van der Waals surface area contributed by atoms with E-state index >= 15 is 0 Å². The van der Waals surface area contributed by atoms with Gasteiger partial charge in [-0.2, -0.15) is 0 Å². The van der Waals surface area contributed by atoms with Gasteiger partial charge in [0, 0.05) is 48.5 Å². The predicted octanol–water partition coefficient (Wildman–Crippen LogP) is 4.45. The molecule has 3 fully saturated rings. The highest BCUT2D eigenvalue weighted by Crippen LogP contribution is 2.49. The molecule has 3 unspecified atom stereocenters. The van der Waals surface area contributed by atoms with Gasteiger partial charge >= 0.3 is 0 Å². The maximum Gasteiger partial charge on any atom is 0.139 e. The van der Waals surface area contributed by atoms with Crippen LogP contribution < -0.4 is 5.32 Å². The molecule has 2 N–H and O–H groups in total. The Bertz CT molecular complexity index is 1130. The van der Waals surface area contributed by atoms with E-state index in [0.717, 1.165) is 16.8 Å². The lowest BCUT2D eigenvalue weighted by Crippen LogP contribution is -2.36. The Morgan fingerprint density at radius 2 is 1.78 bits per heavy atom. The number of H-pyrrole nitrogens is 1. The zero-order valence-electron chi connectivity index (χ0n) is 22.5. The number of hydrogen-bond acceptors (Lipinski definition) is 3. The fourth-order valence-corrected chi connectivity index (χ4v) is 8.06. The number of quaternary nitrogens is 1. The number of nitrogens with one attached hydrogen (secondary N) is 2. The van der Waals surface area contributed by atoms with Gasteiger partial charge in [0.2, 0.25) is 0 Å². The molecule has 5 heteroatoms. The highest BCUT2D eigenvalue weighted by atomic mass is 15.5. The van der Waals surface area contributed by atoms with Crippen LogP contribution >= 0.6 is 0 Å². The highest BCUT2D eigenvalue weighted by molar-refractivity contribution is 5.63. The lowest BCUT2D eigenvalue weighted by atomic mass is 9.79. The molecule has 0 aromatic carbocycles. The van der Waals surface area contributed by atoms with Crippen molar-refractivity contribution >= 4 is 6.08 Å². The molecule has 192 valence electrons. The molecule has 2 aliphatic carbocycles. The molecule has 5 nitrogen and oxygen atoms in total. The quantitative estimate of drug-likeness (QED) is 0.487. The molecule has 1 aromatic rings. The first kappa shape index (κ1) is 23.1. The van der Waals surface area contributed by atoms with Crippen molar-refractivity contribution in [3.8, 4) is 0 Å². The van der Waals surface area contributed by atoms with Crippen LogP contribution in [-0.4, -0.2) is 78.7 Å². The Kier molecular flexibility index (Phi) is 5.61. The van der Waals surface area contributed by atoms with Crippen molar-refractivity contribution in [1.29, 1.82) is 0 Å². The Hall–Kier alpha value is -2.08. The summed E-state index contributed by atoms with van der Waals surface area (Å²) in [4.78, 5) is 8.69. The van der Waals surface area contributed by atoms with Crippen LogP contribution in [0.4, 0.5) is 0 Å². The summed E-state index contributed by atoms with van der Waals surface area (Å²) in [6.45, 7) is 9.74. The van der Waals surface area contributed by atoms with Crippen molar-refractivity contribution in [3.05, 3.63) is 64.4 Å². The zero-order chi connectivity index (χ0) is 24.4. The van der Waals surface area contributed by atoms with E-state index in [0.29, 0.717) is 23.8 Å². The van der Waals surface area contributed by atoms with Crippen LogP contribution in [0.25, 0.3) is 6.08 Å². The molecular weight excluding hydrogens is 442 g/mol. The lowest BCUT2D eigenvalue weighted by Gasteiger charge is -2.34. The summed E-state index contributed by atoms with van der Waals surface area (Å²) in [5.74, 6) is 2.60. The number of aromatic amines is 1. The lowest BCUT2D eigenvalue weighted by molar-refractivity contribution is -0.715. The first-order valence-electron chi connectivity index (χ1n) is 14.6. The Morgan fingerprint density at radius 3 is 2.53 bits per heavy atom. The summed E-state index contributed by atoms with van der Waals surface area (Å²) in [5.41, 5.74) is 9.46. The number of likely N-dealkylation sites (N-methyl/N-ethyl adjacent to an activating group) is 1. The van der Waals surface area contributed by atoms with Gasteiger partial charge in [0.15, 0.2) is 0 Å². The second-order valence-corrected chi connectivity index (χ2v) is 12.6. The number of rotatable bonds is 4. The van der Waals surface area contributed by atoms with E-state index in [1.54, 1.807) is 22.5 Å². The van der Waals surface area contributed by atoms with Crippen molar-refractivity contribution in [1.82, 2.24) is 20.1 Å². The van der Waals surface area contributed by atoms with E-state index in [-0.39, 0.29) is 0 Å². The molecule has 3 atom stereocenters. The smallest absolute Gasteiger partial charge is 0.139 e. The molecule has 1 aromatic heterocycles. The first-order chi connectivity index (χ1) is 17.5. The van der Waals surface area contributed by atoms with E-state index in [1.165, 1.54) is 76.2 Å². The minimum absolute atomic E-state index is 0.489. The van der Waals surface area contributed by atoms with Crippen LogP contribution in [0, 0.1) is 17.8 Å². The van der Waals surface area contributed by atoms with Gasteiger partial charge in [-0.3, -0.25) is 4.48 Å². The van der Waals surface area contributed by atoms with Crippen LogP contribution in [0.3, 0.4) is 0 Å². The molecule has 0 spiro atoms. The summed E-state index contributed by atoms with van der Waals surface area (Å²) in [6.07, 6.45) is 21.5. The molecule has 7 rings (SSSR count). The number of aromatic nitrogens is 1. The third-order valence-corrected chi connectivity index (χ3v) is 10.4. The number of allylic oxidation sites excluding steroid dienone is 2. The summed E-state index contributed by atoms with van der Waals surface area (Å²) in [6, 6.07) is 0.489. The second-order valence-electron chi connectivity index (χ2n) is 12.6. The maximum absolute atomic E-state index is 3.70. The molecular formula is C31H44N5+. The number of nitrogens with zero attached hydrogens (tertiary/aromatic N) is 3. The molecule has 6 aliphatic rings. The van der Waals surface area contributed by atoms with E-state index in [4.69, 9.17) is 0 Å². The minimum Gasteiger partial charge on any atom is -0.373 e. The van der Waals surface area contributed by atoms with Crippen molar-refractivity contribution in [3.63, 3.8) is 0 Å². The average molecular weight is 487 g/mol. The normalized spacial score (nSPS) is 32.6. The summed E-state index contributed by atoms with van der Waals surface area (Å²) in [7, 11) is 4.56. The van der Waals surface area contributed by atoms with Gasteiger partial charge in [-0.1, -0.05) is 13.0 Å². The van der Waals surface area contributed by atoms with Gasteiger partial charge in [0.25, 0.3) is 0 Å². The van der Waals surface area contributed by atoms with Crippen molar-refractivity contribution < 1.29 is 4.48 Å². The zero-order valence-corrected chi connectivity index (χ0v) is 22.5. The number of piperidine rings is 2. The third-order valence-electron chi connectivity index (χ3n) is 10.4. The Morgan fingerprint density at radius 1 is 1.00 bits per heavy atom. The maximum atomic E-state index is 3.70. The van der Waals surface area contributed by atoms with Gasteiger partial charge < -0.3 is 20.1 Å². The minimum atomic E-state index is 0.489. The number of fused-ring (bicyclic) bond motifs is 2. The topological polar surface area (TPSA) is 34.3 Å². The average Bonchev–Trinajstić information content (AvgIpc) is 3.50. The standard InChI is InChI=1S/C31H44N5/c1-21-16-29-26(27(19-33-29)23-8-12-34(2)13-9-23)18-31(21)36(14-15-36)24-4-5-25-28(20-35(3)30(25)17-24)22-6-10-32-11-7-22/h4-5,17-23,25,30,32-33H,6-16H2,1-3H3/q+1. The summed E-state index contributed by atoms with van der Waals surface area (Å²) >= 11 is 0. The molecule has 0 bridgehead atoms. The summed E-state index contributed by atoms with van der Waals surface area (Å²) in [5, 5.41) is 3.55. The molecule has 4 aliphatic heterocycles. The van der Waals surface area contributed by atoms with Gasteiger partial charge in [-0.05, 0) is 101 Å². The largest absolute Gasteiger partial charge is 0.373 e. The van der Waals surface area contributed by atoms with Gasteiger partial charge in [-0.15, -0.1) is 0 Å². The molecule has 3 saturated heterocycles. The molecule has 5 heterocycles. The first-order valence-corrected chi connectivity index (χ1v) is 14.6. The Balaban J connectivity index is 1.17. The van der Waals surface area contributed by atoms with Crippen LogP contribution in [0.1, 0.15) is 55.3 Å². The van der Waals surface area contributed by atoms with Gasteiger partial charge in [-0.25, -0.2) is 0 Å². The fraction of sp³-hybridized carbons (Fsp3) is 0.613. The molecule has 36 heavy (non-hydrogen) atoms. The van der Waals surface area contributed by atoms with Crippen molar-refractivity contribution in [2.45, 2.75) is 51.0 Å². The van der Waals surface area contributed by atoms with E-state index in [9.17, 15) is 0 Å². The molecule has 0 saturated carbocycles. The summed E-state index contributed by atoms with van der Waals surface area (Å²) < 4.78 is 1.09. The van der Waals surface area contributed by atoms with Crippen LogP contribution in [0.5, 0.6) is 0 Å². The Labute approximate surface area is 217 Å². The van der Waals surface area contributed by atoms with Gasteiger partial charge in [0.1, 0.15) is 24.5 Å². The highest BCUT2D eigenvalue weighted by Gasteiger charge is 2.53. The number of likely N-dealkylation sites (tertiary alicyclic amines) is 1. The van der Waals surface area contributed by atoms with E-state index in [2.05, 4.69) is 77.8 Å². The van der Waals surface area contributed by atoms with Crippen molar-refractivity contribution in [2.24, 2.45) is 17.8 Å². The molecule has 0 radical (unpaired) electrons. The predicted molar refractivity (Wildman–Crippen MR) is 147 cm³/mol. The number of hydrogen-bond donors (Lipinski definition) is 2. The molecule has 0 amide bonds. The van der Waals surface area contributed by atoms with Gasteiger partial charge in [0.05, 0.1) is 6.04 Å². The van der Waals surface area contributed by atoms with Crippen LogP contribution in [0.2, 0.25) is 0 Å². The fourth-order valence-electron chi connectivity index (χ4n) is 8.06. The van der Waals surface area contributed by atoms with Crippen molar-refractivity contribution in [2.75, 3.05) is 53.4 Å². The van der Waals surface area contributed by atoms with Crippen LogP contribution in [0.15, 0.2) is 47.6 Å².